The third kappa shape index (κ3) is 3.65. The Morgan fingerprint density at radius 1 is 1.50 bits per heavy atom. The van der Waals surface area contributed by atoms with Crippen molar-refractivity contribution in [3.05, 3.63) is 28.2 Å². The van der Waals surface area contributed by atoms with Gasteiger partial charge in [0.15, 0.2) is 0 Å². The van der Waals surface area contributed by atoms with Crippen molar-refractivity contribution >= 4 is 27.7 Å². The lowest BCUT2D eigenvalue weighted by atomic mass is 10.0. The fourth-order valence-corrected chi connectivity index (χ4v) is 4.19. The van der Waals surface area contributed by atoms with Gasteiger partial charge in [0.1, 0.15) is 5.75 Å². The number of hydrogen-bond donors (Lipinski definition) is 1. The number of hydrogen-bond acceptors (Lipinski definition) is 3. The van der Waals surface area contributed by atoms with Crippen LogP contribution in [0.2, 0.25) is 0 Å². The van der Waals surface area contributed by atoms with E-state index in [0.29, 0.717) is 5.25 Å². The summed E-state index contributed by atoms with van der Waals surface area (Å²) in [5.74, 6) is 2.02. The fourth-order valence-electron chi connectivity index (χ4n) is 2.28. The highest BCUT2D eigenvalue weighted by atomic mass is 79.9. The molecule has 1 aromatic rings. The average molecular weight is 331 g/mol. The van der Waals surface area contributed by atoms with Gasteiger partial charge in [-0.1, -0.05) is 12.5 Å². The summed E-state index contributed by atoms with van der Waals surface area (Å²) in [6, 6.07) is 6.01. The molecule has 100 valence electrons. The lowest BCUT2D eigenvalue weighted by molar-refractivity contribution is 0.166. The Bertz CT molecular complexity index is 391. The van der Waals surface area contributed by atoms with Crippen LogP contribution >= 0.6 is 27.7 Å². The van der Waals surface area contributed by atoms with E-state index >= 15 is 0 Å². The van der Waals surface area contributed by atoms with Gasteiger partial charge in [0, 0.05) is 5.25 Å². The van der Waals surface area contributed by atoms with Crippen molar-refractivity contribution in [3.8, 4) is 5.75 Å². The van der Waals surface area contributed by atoms with Crippen molar-refractivity contribution in [2.75, 3.05) is 12.9 Å². The molecule has 0 aliphatic carbocycles. The second-order valence-corrected chi connectivity index (χ2v) is 6.85. The molecule has 2 unspecified atom stereocenters. The van der Waals surface area contributed by atoms with Gasteiger partial charge in [0.25, 0.3) is 0 Å². The molecule has 0 amide bonds. The Morgan fingerprint density at radius 2 is 2.33 bits per heavy atom. The molecule has 1 aliphatic rings. The van der Waals surface area contributed by atoms with E-state index in [-0.39, 0.29) is 6.10 Å². The average Bonchev–Trinajstić information content (AvgIpc) is 2.40. The van der Waals surface area contributed by atoms with E-state index in [1.165, 1.54) is 18.6 Å². The van der Waals surface area contributed by atoms with Gasteiger partial charge in [-0.15, -0.1) is 0 Å². The Morgan fingerprint density at radius 3 is 2.94 bits per heavy atom. The largest absolute Gasteiger partial charge is 0.496 e. The van der Waals surface area contributed by atoms with Crippen LogP contribution in [0.1, 0.15) is 24.8 Å². The predicted octanol–water partition coefficient (Wildman–Crippen LogP) is 3.65. The van der Waals surface area contributed by atoms with E-state index in [2.05, 4.69) is 15.9 Å². The molecule has 18 heavy (non-hydrogen) atoms. The maximum atomic E-state index is 10.3. The summed E-state index contributed by atoms with van der Waals surface area (Å²) in [5.41, 5.74) is 1.15. The molecular formula is C14H19BrO2S. The Labute approximate surface area is 121 Å². The molecule has 0 aromatic heterocycles. The van der Waals surface area contributed by atoms with Crippen LogP contribution in [0, 0.1) is 0 Å². The molecule has 0 spiro atoms. The second-order valence-electron chi connectivity index (χ2n) is 4.65. The standard InChI is InChI=1S/C14H19BrO2S/c1-17-13-6-5-10(8-11(13)15)9-12(16)14-4-2-3-7-18-14/h5-6,8,12,14,16H,2-4,7,9H2,1H3. The van der Waals surface area contributed by atoms with Crippen LogP contribution in [0.25, 0.3) is 0 Å². The summed E-state index contributed by atoms with van der Waals surface area (Å²) < 4.78 is 6.16. The normalized spacial score (nSPS) is 21.6. The van der Waals surface area contributed by atoms with E-state index < -0.39 is 0 Å². The third-order valence-electron chi connectivity index (χ3n) is 3.31. The van der Waals surface area contributed by atoms with Crippen LogP contribution in [-0.4, -0.2) is 29.3 Å². The predicted molar refractivity (Wildman–Crippen MR) is 80.5 cm³/mol. The highest BCUT2D eigenvalue weighted by molar-refractivity contribution is 9.10. The Balaban J connectivity index is 1.97. The van der Waals surface area contributed by atoms with E-state index in [1.54, 1.807) is 7.11 Å². The quantitative estimate of drug-likeness (QED) is 0.913. The minimum absolute atomic E-state index is 0.240. The number of ether oxygens (including phenoxy) is 1. The first-order valence-corrected chi connectivity index (χ1v) is 8.17. The van der Waals surface area contributed by atoms with Crippen molar-refractivity contribution in [2.45, 2.75) is 37.0 Å². The molecular weight excluding hydrogens is 312 g/mol. The number of halogens is 1. The van der Waals surface area contributed by atoms with Crippen LogP contribution in [0.15, 0.2) is 22.7 Å². The molecule has 2 nitrogen and oxygen atoms in total. The maximum absolute atomic E-state index is 10.3. The minimum atomic E-state index is -0.240. The topological polar surface area (TPSA) is 29.5 Å². The zero-order valence-electron chi connectivity index (χ0n) is 10.6. The van der Waals surface area contributed by atoms with Gasteiger partial charge in [-0.05, 0) is 58.6 Å². The number of methoxy groups -OCH3 is 1. The fraction of sp³-hybridized carbons (Fsp3) is 0.571. The number of aliphatic hydroxyl groups excluding tert-OH is 1. The maximum Gasteiger partial charge on any atom is 0.133 e. The molecule has 1 heterocycles. The molecule has 1 saturated heterocycles. The molecule has 2 rings (SSSR count). The van der Waals surface area contributed by atoms with Crippen molar-refractivity contribution in [1.29, 1.82) is 0 Å². The summed E-state index contributed by atoms with van der Waals surface area (Å²) in [5, 5.41) is 10.7. The molecule has 1 aliphatic heterocycles. The first-order valence-electron chi connectivity index (χ1n) is 6.33. The van der Waals surface area contributed by atoms with E-state index in [9.17, 15) is 5.11 Å². The van der Waals surface area contributed by atoms with Crippen LogP contribution in [-0.2, 0) is 6.42 Å². The molecule has 2 atom stereocenters. The number of aliphatic hydroxyl groups is 1. The van der Waals surface area contributed by atoms with E-state index in [1.807, 2.05) is 30.0 Å². The van der Waals surface area contributed by atoms with Gasteiger partial charge < -0.3 is 9.84 Å². The van der Waals surface area contributed by atoms with Crippen molar-refractivity contribution in [2.24, 2.45) is 0 Å². The van der Waals surface area contributed by atoms with Crippen LogP contribution < -0.4 is 4.74 Å². The molecule has 0 radical (unpaired) electrons. The van der Waals surface area contributed by atoms with Gasteiger partial charge in [0.2, 0.25) is 0 Å². The summed E-state index contributed by atoms with van der Waals surface area (Å²) >= 11 is 5.40. The van der Waals surface area contributed by atoms with Crippen LogP contribution in [0.4, 0.5) is 0 Å². The van der Waals surface area contributed by atoms with Gasteiger partial charge in [-0.3, -0.25) is 0 Å². The second kappa shape index (κ2) is 6.83. The molecule has 4 heteroatoms. The van der Waals surface area contributed by atoms with Gasteiger partial charge >= 0.3 is 0 Å². The zero-order valence-corrected chi connectivity index (χ0v) is 13.0. The summed E-state index contributed by atoms with van der Waals surface area (Å²) in [6.45, 7) is 0. The molecule has 0 bridgehead atoms. The molecule has 1 N–H and O–H groups in total. The molecule has 0 saturated carbocycles. The summed E-state index contributed by atoms with van der Waals surface area (Å²) in [6.07, 6.45) is 4.17. The van der Waals surface area contributed by atoms with Gasteiger partial charge in [0.05, 0.1) is 17.7 Å². The van der Waals surface area contributed by atoms with Crippen molar-refractivity contribution in [3.63, 3.8) is 0 Å². The first kappa shape index (κ1) is 14.2. The number of thioether (sulfide) groups is 1. The SMILES string of the molecule is COc1ccc(CC(O)C2CCCCS2)cc1Br. The summed E-state index contributed by atoms with van der Waals surface area (Å²) in [4.78, 5) is 0. The number of rotatable bonds is 4. The lowest BCUT2D eigenvalue weighted by Crippen LogP contribution is -2.27. The van der Waals surface area contributed by atoms with E-state index in [4.69, 9.17) is 4.74 Å². The highest BCUT2D eigenvalue weighted by Gasteiger charge is 2.22. The monoisotopic (exact) mass is 330 g/mol. The van der Waals surface area contributed by atoms with Gasteiger partial charge in [-0.25, -0.2) is 0 Å². The third-order valence-corrected chi connectivity index (χ3v) is 5.43. The summed E-state index contributed by atoms with van der Waals surface area (Å²) in [7, 11) is 1.66. The Hall–Kier alpha value is -0.190. The molecule has 1 aromatic carbocycles. The zero-order chi connectivity index (χ0) is 13.0. The lowest BCUT2D eigenvalue weighted by Gasteiger charge is -2.26. The first-order chi connectivity index (χ1) is 8.70. The smallest absolute Gasteiger partial charge is 0.133 e. The van der Waals surface area contributed by atoms with Crippen LogP contribution in [0.3, 0.4) is 0 Å². The number of benzene rings is 1. The van der Waals surface area contributed by atoms with Gasteiger partial charge in [-0.2, -0.15) is 11.8 Å². The highest BCUT2D eigenvalue weighted by Crippen LogP contribution is 2.30. The van der Waals surface area contributed by atoms with Crippen molar-refractivity contribution < 1.29 is 9.84 Å². The Kier molecular flexibility index (Phi) is 5.39. The van der Waals surface area contributed by atoms with Crippen molar-refractivity contribution in [1.82, 2.24) is 0 Å². The minimum Gasteiger partial charge on any atom is -0.496 e. The van der Waals surface area contributed by atoms with Crippen LogP contribution in [0.5, 0.6) is 5.75 Å². The van der Waals surface area contributed by atoms with E-state index in [0.717, 1.165) is 28.6 Å². The molecule has 1 fully saturated rings.